The predicted molar refractivity (Wildman–Crippen MR) is 98.6 cm³/mol. The van der Waals surface area contributed by atoms with Crippen molar-refractivity contribution in [2.45, 2.75) is 64.4 Å². The number of ketones is 1. The summed E-state index contributed by atoms with van der Waals surface area (Å²) in [7, 11) is 1.25. The van der Waals surface area contributed by atoms with Gasteiger partial charge < -0.3 is 20.1 Å². The standard InChI is InChI=1S/C21H28O6/c1-10(2)11-9-12-13(16(24)14(11)22)21(19(26)27-5)8-6-7-20(3,4)18(21)17(25)15(12)23/h9-10,15,18,22-24H,6-8H2,1-5H3/t15-,18-,21-/m0/s1. The number of Topliss-reactive ketones (excluding diaryl/α,β-unsaturated/α-hetero) is 1. The van der Waals surface area contributed by atoms with Crippen molar-refractivity contribution in [3.8, 4) is 11.5 Å². The molecular formula is C21H28O6. The number of aliphatic hydroxyl groups is 1. The van der Waals surface area contributed by atoms with Crippen molar-refractivity contribution in [3.63, 3.8) is 0 Å². The van der Waals surface area contributed by atoms with E-state index in [4.69, 9.17) is 4.74 Å². The van der Waals surface area contributed by atoms with Crippen LogP contribution in [0.3, 0.4) is 0 Å². The maximum Gasteiger partial charge on any atom is 0.317 e. The van der Waals surface area contributed by atoms with Gasteiger partial charge in [-0.15, -0.1) is 0 Å². The van der Waals surface area contributed by atoms with Gasteiger partial charge in [-0.1, -0.05) is 34.1 Å². The molecule has 0 radical (unpaired) electrons. The highest BCUT2D eigenvalue weighted by Crippen LogP contribution is 2.61. The third-order valence-corrected chi connectivity index (χ3v) is 6.47. The van der Waals surface area contributed by atoms with Crippen LogP contribution in [-0.4, -0.2) is 34.2 Å². The number of carbonyl (C=O) groups is 2. The van der Waals surface area contributed by atoms with Crippen LogP contribution >= 0.6 is 0 Å². The quantitative estimate of drug-likeness (QED) is 0.541. The van der Waals surface area contributed by atoms with Gasteiger partial charge in [0, 0.05) is 17.0 Å². The molecule has 1 saturated carbocycles. The summed E-state index contributed by atoms with van der Waals surface area (Å²) < 4.78 is 5.09. The first kappa shape index (κ1) is 19.7. The van der Waals surface area contributed by atoms with Gasteiger partial charge in [-0.2, -0.15) is 0 Å². The summed E-state index contributed by atoms with van der Waals surface area (Å²) in [6, 6.07) is 1.54. The number of fused-ring (bicyclic) bond motifs is 3. The fourth-order valence-corrected chi connectivity index (χ4v) is 5.32. The molecule has 6 heteroatoms. The van der Waals surface area contributed by atoms with Crippen LogP contribution in [0.5, 0.6) is 11.5 Å². The number of esters is 1. The van der Waals surface area contributed by atoms with Gasteiger partial charge >= 0.3 is 5.97 Å². The molecule has 1 fully saturated rings. The number of ether oxygens (including phenoxy) is 1. The monoisotopic (exact) mass is 376 g/mol. The minimum Gasteiger partial charge on any atom is -0.504 e. The molecule has 2 aliphatic carbocycles. The number of benzene rings is 1. The van der Waals surface area contributed by atoms with Gasteiger partial charge in [0.1, 0.15) is 11.5 Å². The van der Waals surface area contributed by atoms with Crippen LogP contribution in [0.1, 0.15) is 75.7 Å². The van der Waals surface area contributed by atoms with E-state index in [1.165, 1.54) is 7.11 Å². The maximum absolute atomic E-state index is 13.2. The number of phenols is 2. The zero-order valence-electron chi connectivity index (χ0n) is 16.5. The molecule has 1 aromatic carbocycles. The normalized spacial score (nSPS) is 29.2. The fraction of sp³-hybridized carbons (Fsp3) is 0.619. The fourth-order valence-electron chi connectivity index (χ4n) is 5.32. The Labute approximate surface area is 159 Å². The Morgan fingerprint density at radius 2 is 1.85 bits per heavy atom. The Morgan fingerprint density at radius 1 is 1.22 bits per heavy atom. The van der Waals surface area contributed by atoms with Crippen LogP contribution < -0.4 is 0 Å². The van der Waals surface area contributed by atoms with E-state index in [0.29, 0.717) is 24.8 Å². The second kappa shape index (κ2) is 6.23. The lowest BCUT2D eigenvalue weighted by Gasteiger charge is -2.53. The van der Waals surface area contributed by atoms with E-state index < -0.39 is 40.4 Å². The molecule has 1 aromatic rings. The molecule has 148 valence electrons. The summed E-state index contributed by atoms with van der Waals surface area (Å²) in [6.07, 6.45) is 0.228. The number of methoxy groups -OCH3 is 1. The van der Waals surface area contributed by atoms with E-state index in [0.717, 1.165) is 0 Å². The molecule has 0 spiro atoms. The first-order valence-corrected chi connectivity index (χ1v) is 9.40. The van der Waals surface area contributed by atoms with Crippen molar-refractivity contribution in [1.82, 2.24) is 0 Å². The second-order valence-electron chi connectivity index (χ2n) is 8.82. The summed E-state index contributed by atoms with van der Waals surface area (Å²) >= 11 is 0. The Bertz CT molecular complexity index is 809. The second-order valence-corrected chi connectivity index (χ2v) is 8.82. The highest BCUT2D eigenvalue weighted by molar-refractivity contribution is 6.01. The minimum atomic E-state index is -1.45. The Hall–Kier alpha value is -2.08. The van der Waals surface area contributed by atoms with Crippen LogP contribution in [0.4, 0.5) is 0 Å². The number of aliphatic hydroxyl groups excluding tert-OH is 1. The van der Waals surface area contributed by atoms with Gasteiger partial charge in [0.15, 0.2) is 17.3 Å². The first-order valence-electron chi connectivity index (χ1n) is 9.40. The lowest BCUT2D eigenvalue weighted by Crippen LogP contribution is -2.59. The number of carbonyl (C=O) groups excluding carboxylic acids is 2. The van der Waals surface area contributed by atoms with Crippen molar-refractivity contribution in [3.05, 3.63) is 22.8 Å². The zero-order chi connectivity index (χ0) is 20.3. The topological polar surface area (TPSA) is 104 Å². The molecule has 2 aliphatic rings. The SMILES string of the molecule is COC(=O)[C@]12CCCC(C)(C)[C@@H]1C(=O)[C@@H](O)c1cc(C(C)C)c(O)c(O)c12. The molecule has 3 atom stereocenters. The summed E-state index contributed by atoms with van der Waals surface area (Å²) in [5, 5.41) is 32.3. The molecule has 0 amide bonds. The van der Waals surface area contributed by atoms with Gasteiger partial charge in [-0.05, 0) is 35.8 Å². The average molecular weight is 376 g/mol. The Kier molecular flexibility index (Phi) is 4.54. The number of aromatic hydroxyl groups is 2. The summed E-state index contributed by atoms with van der Waals surface area (Å²) in [4.78, 5) is 26.3. The van der Waals surface area contributed by atoms with Crippen molar-refractivity contribution in [2.24, 2.45) is 11.3 Å². The summed E-state index contributed by atoms with van der Waals surface area (Å²) in [5.41, 5.74) is -1.23. The molecule has 6 nitrogen and oxygen atoms in total. The average Bonchev–Trinajstić information content (AvgIpc) is 2.59. The van der Waals surface area contributed by atoms with Gasteiger partial charge in [0.2, 0.25) is 0 Å². The van der Waals surface area contributed by atoms with E-state index in [9.17, 15) is 24.9 Å². The molecule has 0 heterocycles. The zero-order valence-corrected chi connectivity index (χ0v) is 16.5. The van der Waals surface area contributed by atoms with Gasteiger partial charge in [-0.3, -0.25) is 9.59 Å². The lowest BCUT2D eigenvalue weighted by molar-refractivity contribution is -0.165. The van der Waals surface area contributed by atoms with E-state index in [-0.39, 0.29) is 22.8 Å². The highest BCUT2D eigenvalue weighted by Gasteiger charge is 2.64. The first-order chi connectivity index (χ1) is 12.5. The van der Waals surface area contributed by atoms with Crippen molar-refractivity contribution >= 4 is 11.8 Å². The molecule has 27 heavy (non-hydrogen) atoms. The van der Waals surface area contributed by atoms with E-state index in [1.54, 1.807) is 6.07 Å². The van der Waals surface area contributed by atoms with Crippen LogP contribution in [0.25, 0.3) is 0 Å². The van der Waals surface area contributed by atoms with E-state index in [1.807, 2.05) is 27.7 Å². The molecule has 0 unspecified atom stereocenters. The number of hydrogen-bond acceptors (Lipinski definition) is 6. The molecule has 0 aromatic heterocycles. The molecular weight excluding hydrogens is 348 g/mol. The van der Waals surface area contributed by atoms with Crippen LogP contribution in [0.2, 0.25) is 0 Å². The Balaban J connectivity index is 2.44. The van der Waals surface area contributed by atoms with Crippen molar-refractivity contribution < 1.29 is 29.6 Å². The molecule has 0 aliphatic heterocycles. The van der Waals surface area contributed by atoms with Gasteiger partial charge in [0.05, 0.1) is 7.11 Å². The third-order valence-electron chi connectivity index (χ3n) is 6.47. The van der Waals surface area contributed by atoms with Crippen LogP contribution in [0.15, 0.2) is 6.07 Å². The largest absolute Gasteiger partial charge is 0.504 e. The van der Waals surface area contributed by atoms with Crippen molar-refractivity contribution in [1.29, 1.82) is 0 Å². The number of hydrogen-bond donors (Lipinski definition) is 3. The van der Waals surface area contributed by atoms with Gasteiger partial charge in [-0.25, -0.2) is 0 Å². The third kappa shape index (κ3) is 2.49. The predicted octanol–water partition coefficient (Wildman–Crippen LogP) is 3.07. The van der Waals surface area contributed by atoms with E-state index >= 15 is 0 Å². The number of phenolic OH excluding ortho intramolecular Hbond substituents is 2. The highest BCUT2D eigenvalue weighted by atomic mass is 16.5. The number of rotatable bonds is 2. The van der Waals surface area contributed by atoms with Crippen molar-refractivity contribution in [2.75, 3.05) is 7.11 Å². The smallest absolute Gasteiger partial charge is 0.317 e. The van der Waals surface area contributed by atoms with Gasteiger partial charge in [0.25, 0.3) is 0 Å². The molecule has 3 rings (SSSR count). The van der Waals surface area contributed by atoms with Crippen LogP contribution in [-0.2, 0) is 19.7 Å². The summed E-state index contributed by atoms with van der Waals surface area (Å²) in [6.45, 7) is 7.45. The molecule has 3 N–H and O–H groups in total. The lowest BCUT2D eigenvalue weighted by atomic mass is 9.48. The summed E-state index contributed by atoms with van der Waals surface area (Å²) in [5.74, 6) is -2.78. The Morgan fingerprint density at radius 3 is 2.41 bits per heavy atom. The minimum absolute atomic E-state index is 0.140. The molecule has 0 saturated heterocycles. The van der Waals surface area contributed by atoms with Crippen LogP contribution in [0, 0.1) is 11.3 Å². The molecule has 0 bridgehead atoms. The maximum atomic E-state index is 13.2. The van der Waals surface area contributed by atoms with E-state index in [2.05, 4.69) is 0 Å².